The van der Waals surface area contributed by atoms with Crippen molar-refractivity contribution in [2.24, 2.45) is 0 Å². The average molecular weight is 435 g/mol. The molecule has 4 rings (SSSR count). The fraction of sp³-hybridized carbons (Fsp3) is 0.217. The number of aromatic nitrogens is 1. The first-order chi connectivity index (χ1) is 15.5. The predicted molar refractivity (Wildman–Crippen MR) is 122 cm³/mol. The van der Waals surface area contributed by atoms with E-state index in [1.165, 1.54) is 0 Å². The summed E-state index contributed by atoms with van der Waals surface area (Å²) >= 11 is 0. The number of benzene rings is 2. The number of nitrogens with two attached hydrogens (primary N) is 1. The Labute approximate surface area is 185 Å². The number of hydrogen-bond donors (Lipinski definition) is 4. The average Bonchev–Trinajstić information content (AvgIpc) is 3.24. The molecule has 32 heavy (non-hydrogen) atoms. The predicted octanol–water partition coefficient (Wildman–Crippen LogP) is 3.46. The van der Waals surface area contributed by atoms with Crippen LogP contribution in [-0.2, 0) is 13.0 Å². The Bertz CT molecular complexity index is 1160. The number of methoxy groups -OCH3 is 2. The van der Waals surface area contributed by atoms with Crippen molar-refractivity contribution in [3.8, 4) is 11.5 Å². The number of amides is 3. The van der Waals surface area contributed by atoms with Gasteiger partial charge in [-0.25, -0.2) is 4.79 Å². The number of carbonyl (C=O) groups excluding carboxylic acids is 2. The van der Waals surface area contributed by atoms with Gasteiger partial charge in [-0.1, -0.05) is 12.1 Å². The summed E-state index contributed by atoms with van der Waals surface area (Å²) in [4.78, 5) is 30.3. The second-order valence-electron chi connectivity index (χ2n) is 7.40. The van der Waals surface area contributed by atoms with Crippen LogP contribution in [0.5, 0.6) is 11.5 Å². The summed E-state index contributed by atoms with van der Waals surface area (Å²) in [5.41, 5.74) is 9.85. The van der Waals surface area contributed by atoms with Crippen LogP contribution in [0.15, 0.2) is 48.5 Å². The lowest BCUT2D eigenvalue weighted by atomic mass is 10.1. The van der Waals surface area contributed by atoms with E-state index in [2.05, 4.69) is 15.6 Å². The number of ether oxygens (including phenoxy) is 2. The van der Waals surface area contributed by atoms with E-state index in [9.17, 15) is 9.59 Å². The third-order valence-electron chi connectivity index (χ3n) is 5.37. The molecule has 2 heterocycles. The number of nitrogens with zero attached hydrogens (tertiary/aromatic N) is 1. The maximum atomic E-state index is 12.8. The van der Waals surface area contributed by atoms with Gasteiger partial charge in [0.05, 0.1) is 32.1 Å². The monoisotopic (exact) mass is 435 g/mol. The van der Waals surface area contributed by atoms with Crippen LogP contribution in [0.1, 0.15) is 21.7 Å². The molecule has 0 saturated carbocycles. The number of para-hydroxylation sites is 2. The highest BCUT2D eigenvalue weighted by Crippen LogP contribution is 2.30. The van der Waals surface area contributed by atoms with Crippen LogP contribution >= 0.6 is 0 Å². The Hall–Kier alpha value is -4.14. The summed E-state index contributed by atoms with van der Waals surface area (Å²) in [5.74, 6) is 0.839. The molecule has 0 saturated heterocycles. The quantitative estimate of drug-likeness (QED) is 0.457. The number of hydrogen-bond acceptors (Lipinski definition) is 5. The molecule has 3 amide bonds. The second kappa shape index (κ2) is 8.93. The topological polar surface area (TPSA) is 122 Å². The molecule has 9 nitrogen and oxygen atoms in total. The zero-order chi connectivity index (χ0) is 22.7. The minimum Gasteiger partial charge on any atom is -0.493 e. The largest absolute Gasteiger partial charge is 0.493 e. The Morgan fingerprint density at radius 1 is 1.03 bits per heavy atom. The van der Waals surface area contributed by atoms with Crippen molar-refractivity contribution < 1.29 is 19.1 Å². The smallest absolute Gasteiger partial charge is 0.322 e. The molecule has 1 aromatic heterocycles. The summed E-state index contributed by atoms with van der Waals surface area (Å²) in [7, 11) is 3.10. The van der Waals surface area contributed by atoms with Gasteiger partial charge < -0.3 is 35.7 Å². The number of nitrogens with one attached hydrogen (secondary N) is 3. The zero-order valence-corrected chi connectivity index (χ0v) is 17.9. The van der Waals surface area contributed by atoms with Crippen LogP contribution in [0.4, 0.5) is 21.9 Å². The lowest BCUT2D eigenvalue weighted by Crippen LogP contribution is -2.38. The molecule has 166 valence electrons. The van der Waals surface area contributed by atoms with Gasteiger partial charge >= 0.3 is 6.03 Å². The number of rotatable bonds is 5. The van der Waals surface area contributed by atoms with Crippen LogP contribution in [0, 0.1) is 0 Å². The zero-order valence-electron chi connectivity index (χ0n) is 17.9. The van der Waals surface area contributed by atoms with E-state index in [0.29, 0.717) is 53.8 Å². The maximum absolute atomic E-state index is 12.8. The molecule has 9 heteroatoms. The maximum Gasteiger partial charge on any atom is 0.322 e. The first-order valence-electron chi connectivity index (χ1n) is 10.1. The summed E-state index contributed by atoms with van der Waals surface area (Å²) in [6.45, 7) is 0.909. The van der Waals surface area contributed by atoms with Crippen molar-refractivity contribution in [1.82, 2.24) is 9.88 Å². The standard InChI is InChI=1S/C23H25N5O4/c1-31-20-8-7-15(12-21(20)32-2)25-23(30)28-10-9-14-11-18(26-19(14)13-28)22(29)27-17-6-4-3-5-16(17)24/h3-8,11-12,26H,9-10,13,24H2,1-2H3,(H,25,30)(H,27,29). The number of anilines is 3. The molecule has 0 atom stereocenters. The Morgan fingerprint density at radius 3 is 2.56 bits per heavy atom. The molecule has 0 unspecified atom stereocenters. The van der Waals surface area contributed by atoms with Crippen molar-refractivity contribution in [3.05, 3.63) is 65.5 Å². The van der Waals surface area contributed by atoms with Gasteiger partial charge in [-0.15, -0.1) is 0 Å². The first kappa shape index (κ1) is 21.1. The highest BCUT2D eigenvalue weighted by molar-refractivity contribution is 6.04. The van der Waals surface area contributed by atoms with Gasteiger partial charge in [0.2, 0.25) is 0 Å². The third-order valence-corrected chi connectivity index (χ3v) is 5.37. The summed E-state index contributed by atoms with van der Waals surface area (Å²) in [5, 5.41) is 5.69. The van der Waals surface area contributed by atoms with Gasteiger partial charge in [0.1, 0.15) is 5.69 Å². The minimum absolute atomic E-state index is 0.236. The summed E-state index contributed by atoms with van der Waals surface area (Å²) < 4.78 is 10.5. The first-order valence-corrected chi connectivity index (χ1v) is 10.1. The Balaban J connectivity index is 1.42. The fourth-order valence-corrected chi connectivity index (χ4v) is 3.64. The molecule has 1 aliphatic heterocycles. The van der Waals surface area contributed by atoms with E-state index >= 15 is 0 Å². The third kappa shape index (κ3) is 4.31. The molecular formula is C23H25N5O4. The van der Waals surface area contributed by atoms with Crippen molar-refractivity contribution >= 4 is 29.0 Å². The van der Waals surface area contributed by atoms with Crippen molar-refractivity contribution in [3.63, 3.8) is 0 Å². The number of nitrogen functional groups attached to an aromatic ring is 1. The molecule has 1 aliphatic rings. The van der Waals surface area contributed by atoms with Crippen molar-refractivity contribution in [2.45, 2.75) is 13.0 Å². The lowest BCUT2D eigenvalue weighted by Gasteiger charge is -2.27. The van der Waals surface area contributed by atoms with Crippen LogP contribution in [-0.4, -0.2) is 42.6 Å². The molecule has 3 aromatic rings. The number of fused-ring (bicyclic) bond motifs is 1. The van der Waals surface area contributed by atoms with E-state index in [-0.39, 0.29) is 11.9 Å². The van der Waals surface area contributed by atoms with E-state index in [1.54, 1.807) is 61.6 Å². The van der Waals surface area contributed by atoms with Gasteiger partial charge in [0, 0.05) is 24.0 Å². The number of aromatic amines is 1. The van der Waals surface area contributed by atoms with Crippen molar-refractivity contribution in [2.75, 3.05) is 37.1 Å². The lowest BCUT2D eigenvalue weighted by molar-refractivity contribution is 0.102. The second-order valence-corrected chi connectivity index (χ2v) is 7.40. The van der Waals surface area contributed by atoms with E-state index in [1.807, 2.05) is 6.07 Å². The van der Waals surface area contributed by atoms with E-state index < -0.39 is 0 Å². The van der Waals surface area contributed by atoms with Gasteiger partial charge in [0.25, 0.3) is 5.91 Å². The Kier molecular flexibility index (Phi) is 5.89. The molecule has 0 fully saturated rings. The molecule has 0 bridgehead atoms. The summed E-state index contributed by atoms with van der Waals surface area (Å²) in [6.07, 6.45) is 0.645. The molecule has 2 aromatic carbocycles. The molecule has 0 radical (unpaired) electrons. The number of urea groups is 1. The van der Waals surface area contributed by atoms with Gasteiger partial charge in [-0.05, 0) is 42.3 Å². The van der Waals surface area contributed by atoms with Crippen LogP contribution in [0.3, 0.4) is 0 Å². The fourth-order valence-electron chi connectivity index (χ4n) is 3.64. The highest BCUT2D eigenvalue weighted by Gasteiger charge is 2.24. The van der Waals surface area contributed by atoms with E-state index in [4.69, 9.17) is 15.2 Å². The highest BCUT2D eigenvalue weighted by atomic mass is 16.5. The number of H-pyrrole nitrogens is 1. The van der Waals surface area contributed by atoms with Crippen LogP contribution < -0.4 is 25.8 Å². The molecule has 0 spiro atoms. The SMILES string of the molecule is COc1ccc(NC(=O)N2CCc3cc(C(=O)Nc4ccccc4N)[nH]c3C2)cc1OC. The number of carbonyl (C=O) groups is 2. The Morgan fingerprint density at radius 2 is 1.81 bits per heavy atom. The van der Waals surface area contributed by atoms with Crippen LogP contribution in [0.2, 0.25) is 0 Å². The van der Waals surface area contributed by atoms with Gasteiger partial charge in [-0.3, -0.25) is 4.79 Å². The van der Waals surface area contributed by atoms with Gasteiger partial charge in [-0.2, -0.15) is 0 Å². The summed E-state index contributed by atoms with van der Waals surface area (Å²) in [6, 6.07) is 13.9. The molecular weight excluding hydrogens is 410 g/mol. The minimum atomic E-state index is -0.279. The molecule has 0 aliphatic carbocycles. The van der Waals surface area contributed by atoms with Gasteiger partial charge in [0.15, 0.2) is 11.5 Å². The van der Waals surface area contributed by atoms with E-state index in [0.717, 1.165) is 11.3 Å². The van der Waals surface area contributed by atoms with Crippen LogP contribution in [0.25, 0.3) is 0 Å². The molecule has 5 N–H and O–H groups in total. The normalized spacial score (nSPS) is 12.6. The van der Waals surface area contributed by atoms with Crippen molar-refractivity contribution in [1.29, 1.82) is 0 Å².